The summed E-state index contributed by atoms with van der Waals surface area (Å²) in [5, 5.41) is 0. The molecule has 0 fully saturated rings. The summed E-state index contributed by atoms with van der Waals surface area (Å²) in [6.07, 6.45) is 9.91. The van der Waals surface area contributed by atoms with Gasteiger partial charge >= 0.3 is 7.40 Å². The van der Waals surface area contributed by atoms with Crippen molar-refractivity contribution in [1.82, 2.24) is 9.38 Å². The van der Waals surface area contributed by atoms with Gasteiger partial charge in [-0.1, -0.05) is 49.1 Å². The van der Waals surface area contributed by atoms with Crippen molar-refractivity contribution in [2.75, 3.05) is 20.2 Å². The number of hydrogen-bond acceptors (Lipinski definition) is 3. The van der Waals surface area contributed by atoms with Crippen LogP contribution in [0.5, 0.6) is 5.75 Å². The Morgan fingerprint density at radius 2 is 2.00 bits per heavy atom. The molecule has 1 aromatic heterocycles. The molecule has 2 N–H and O–H groups in total. The number of halogens is 2. The van der Waals surface area contributed by atoms with Crippen molar-refractivity contribution in [3.8, 4) is 5.75 Å². The van der Waals surface area contributed by atoms with Crippen molar-refractivity contribution in [3.05, 3.63) is 89.9 Å². The van der Waals surface area contributed by atoms with Gasteiger partial charge in [0.05, 0.1) is 5.54 Å². The van der Waals surface area contributed by atoms with Crippen molar-refractivity contribution < 1.29 is 13.4 Å². The Labute approximate surface area is 189 Å². The lowest BCUT2D eigenvalue weighted by Gasteiger charge is -2.33. The zero-order valence-electron chi connectivity index (χ0n) is 18.9. The van der Waals surface area contributed by atoms with E-state index in [2.05, 4.69) is 30.6 Å². The number of allylic oxidation sites excluding steroid dienone is 1. The molecule has 168 valence electrons. The summed E-state index contributed by atoms with van der Waals surface area (Å²) in [4.78, 5) is 2.12. The Morgan fingerprint density at radius 1 is 1.25 bits per heavy atom. The molecule has 0 amide bonds. The average molecular weight is 437 g/mol. The summed E-state index contributed by atoms with van der Waals surface area (Å²) >= 11 is 0. The van der Waals surface area contributed by atoms with Crippen LogP contribution in [0.15, 0.2) is 78.7 Å². The minimum atomic E-state index is -2.61. The largest absolute Gasteiger partial charge is 0.677 e. The minimum Gasteiger partial charge on any atom is -0.489 e. The lowest BCUT2D eigenvalue weighted by atomic mass is 10.00. The van der Waals surface area contributed by atoms with Crippen LogP contribution < -0.4 is 10.5 Å². The maximum Gasteiger partial charge on any atom is 0.677 e. The summed E-state index contributed by atoms with van der Waals surface area (Å²) in [6, 6.07) is 11.2. The lowest BCUT2D eigenvalue weighted by Crippen LogP contribution is -2.36. The molecule has 3 rings (SSSR count). The van der Waals surface area contributed by atoms with Gasteiger partial charge in [-0.15, -0.1) is 0 Å². The van der Waals surface area contributed by atoms with Crippen LogP contribution in [-0.4, -0.2) is 42.5 Å². The van der Waals surface area contributed by atoms with E-state index in [4.69, 9.17) is 10.5 Å². The average Bonchev–Trinajstić information content (AvgIpc) is 3.34. The third-order valence-corrected chi connectivity index (χ3v) is 5.79. The molecular weight excluding hydrogens is 407 g/mol. The minimum absolute atomic E-state index is 0.370. The van der Waals surface area contributed by atoms with Gasteiger partial charge in [0.25, 0.3) is 0 Å². The number of benzene rings is 1. The Hall–Kier alpha value is -3.06. The van der Waals surface area contributed by atoms with Crippen molar-refractivity contribution >= 4 is 19.1 Å². The second-order valence-corrected chi connectivity index (χ2v) is 8.03. The third kappa shape index (κ3) is 4.73. The maximum atomic E-state index is 13.6. The van der Waals surface area contributed by atoms with E-state index in [0.29, 0.717) is 25.3 Å². The second-order valence-electron chi connectivity index (χ2n) is 8.03. The molecule has 0 saturated heterocycles. The van der Waals surface area contributed by atoms with Gasteiger partial charge in [-0.3, -0.25) is 8.63 Å². The van der Waals surface area contributed by atoms with Crippen LogP contribution in [0.4, 0.5) is 8.63 Å². The molecule has 32 heavy (non-hydrogen) atoms. The van der Waals surface area contributed by atoms with Crippen LogP contribution in [0, 0.1) is 0 Å². The first-order valence-electron chi connectivity index (χ1n) is 10.7. The molecule has 1 aromatic carbocycles. The van der Waals surface area contributed by atoms with Gasteiger partial charge in [0.2, 0.25) is 0 Å². The fourth-order valence-corrected chi connectivity index (χ4v) is 4.20. The molecule has 1 aliphatic rings. The first-order valence-corrected chi connectivity index (χ1v) is 10.7. The van der Waals surface area contributed by atoms with Gasteiger partial charge in [-0.2, -0.15) is 0 Å². The Balaban J connectivity index is 2.01. The van der Waals surface area contributed by atoms with E-state index in [-0.39, 0.29) is 0 Å². The molecule has 2 heterocycles. The SMILES string of the molecule is C=CCOc1ccccc1/C=C/C1(C)C=C(C)/C(=C(\CCN)c2cccn2B(F)F)N1C. The molecule has 0 saturated carbocycles. The van der Waals surface area contributed by atoms with E-state index < -0.39 is 12.9 Å². The van der Waals surface area contributed by atoms with E-state index in [9.17, 15) is 8.63 Å². The summed E-state index contributed by atoms with van der Waals surface area (Å²) in [6.45, 7) is 8.61. The highest BCUT2D eigenvalue weighted by molar-refractivity contribution is 6.41. The Kier molecular flexibility index (Phi) is 7.41. The van der Waals surface area contributed by atoms with Gasteiger partial charge < -0.3 is 19.8 Å². The number of aromatic nitrogens is 1. The van der Waals surface area contributed by atoms with Crippen LogP contribution in [0.3, 0.4) is 0 Å². The van der Waals surface area contributed by atoms with Crippen LogP contribution in [0.25, 0.3) is 11.6 Å². The molecule has 7 heteroatoms. The second kappa shape index (κ2) is 10.0. The van der Waals surface area contributed by atoms with Crippen LogP contribution in [0.2, 0.25) is 0 Å². The van der Waals surface area contributed by atoms with Gasteiger partial charge in [0.1, 0.15) is 12.4 Å². The molecule has 1 aliphatic heterocycles. The normalized spacial score (nSPS) is 19.9. The van der Waals surface area contributed by atoms with E-state index in [1.165, 1.54) is 6.20 Å². The quantitative estimate of drug-likeness (QED) is 0.431. The number of rotatable bonds is 9. The predicted molar refractivity (Wildman–Crippen MR) is 129 cm³/mol. The van der Waals surface area contributed by atoms with E-state index in [1.807, 2.05) is 44.3 Å². The molecule has 1 atom stereocenters. The molecular formula is C25H30BF2N3O. The molecule has 2 aromatic rings. The number of ether oxygens (including phenoxy) is 1. The maximum absolute atomic E-state index is 13.6. The predicted octanol–water partition coefficient (Wildman–Crippen LogP) is 5.25. The molecule has 1 unspecified atom stereocenters. The highest BCUT2D eigenvalue weighted by Crippen LogP contribution is 2.40. The number of nitrogens with zero attached hydrogens (tertiary/aromatic N) is 2. The van der Waals surface area contributed by atoms with Gasteiger partial charge in [0.15, 0.2) is 0 Å². The zero-order valence-corrected chi connectivity index (χ0v) is 18.9. The highest BCUT2D eigenvalue weighted by Gasteiger charge is 2.35. The van der Waals surface area contributed by atoms with Crippen molar-refractivity contribution in [1.29, 1.82) is 0 Å². The topological polar surface area (TPSA) is 43.4 Å². The summed E-state index contributed by atoms with van der Waals surface area (Å²) in [5.74, 6) is 0.781. The summed E-state index contributed by atoms with van der Waals surface area (Å²) in [5.41, 5.74) is 9.67. The number of nitrogens with two attached hydrogens (primary N) is 1. The summed E-state index contributed by atoms with van der Waals surface area (Å²) in [7, 11) is -0.624. The van der Waals surface area contributed by atoms with Crippen molar-refractivity contribution in [2.45, 2.75) is 25.8 Å². The van der Waals surface area contributed by atoms with Crippen molar-refractivity contribution in [2.24, 2.45) is 5.73 Å². The molecule has 4 nitrogen and oxygen atoms in total. The van der Waals surface area contributed by atoms with Gasteiger partial charge in [-0.25, -0.2) is 0 Å². The molecule has 0 aliphatic carbocycles. The zero-order chi connectivity index (χ0) is 23.3. The number of hydrogen-bond donors (Lipinski definition) is 1. The first-order chi connectivity index (χ1) is 15.3. The highest BCUT2D eigenvalue weighted by atomic mass is 19.2. The third-order valence-electron chi connectivity index (χ3n) is 5.79. The van der Waals surface area contributed by atoms with Gasteiger partial charge in [-0.05, 0) is 62.4 Å². The number of para-hydroxylation sites is 1. The molecule has 0 radical (unpaired) electrons. The van der Waals surface area contributed by atoms with E-state index >= 15 is 0 Å². The van der Waals surface area contributed by atoms with Crippen LogP contribution >= 0.6 is 0 Å². The van der Waals surface area contributed by atoms with Crippen LogP contribution in [0.1, 0.15) is 31.5 Å². The fraction of sp³-hybridized carbons (Fsp3) is 0.280. The van der Waals surface area contributed by atoms with E-state index in [1.54, 1.807) is 18.2 Å². The number of likely N-dealkylation sites (N-methyl/N-ethyl adjacent to an activating group) is 1. The fourth-order valence-electron chi connectivity index (χ4n) is 4.20. The van der Waals surface area contributed by atoms with Gasteiger partial charge in [0, 0.05) is 24.0 Å². The first kappa shape index (κ1) is 23.6. The smallest absolute Gasteiger partial charge is 0.489 e. The van der Waals surface area contributed by atoms with Crippen molar-refractivity contribution in [3.63, 3.8) is 0 Å². The monoisotopic (exact) mass is 437 g/mol. The summed E-state index contributed by atoms with van der Waals surface area (Å²) < 4.78 is 33.9. The Bertz CT molecular complexity index is 1060. The van der Waals surface area contributed by atoms with Crippen LogP contribution in [-0.2, 0) is 0 Å². The lowest BCUT2D eigenvalue weighted by molar-refractivity contribution is 0.323. The molecule has 0 bridgehead atoms. The Morgan fingerprint density at radius 3 is 2.69 bits per heavy atom. The standard InChI is InChI=1S/C25H30BF2N3O/c1-5-17-32-23-11-7-6-9-20(23)12-14-25(3)18-19(2)24(30(25)4)21(13-15-29)22-10-8-16-31(22)26(27)28/h5-12,14,16,18H,1,13,15,17,29H2,2-4H3/b14-12+,24-21-. The van der Waals surface area contributed by atoms with E-state index in [0.717, 1.165) is 32.6 Å². The molecule has 0 spiro atoms.